The first-order valence-electron chi connectivity index (χ1n) is 11.8. The Morgan fingerprint density at radius 3 is 2.30 bits per heavy atom. The molecular weight excluding hydrogens is 410 g/mol. The van der Waals surface area contributed by atoms with Crippen molar-refractivity contribution in [3.05, 3.63) is 77.4 Å². The molecule has 33 heavy (non-hydrogen) atoms. The SMILES string of the molecule is COc1ccc(-c2ccc(COc3ccc4c(c3)CCC(CCN(C)C)C4)cc2)cc1OC. The normalized spacial score (nSPS) is 15.2. The summed E-state index contributed by atoms with van der Waals surface area (Å²) in [6, 6.07) is 21.1. The van der Waals surface area contributed by atoms with E-state index in [1.54, 1.807) is 14.2 Å². The first-order chi connectivity index (χ1) is 16.1. The van der Waals surface area contributed by atoms with Crippen LogP contribution in [-0.4, -0.2) is 39.8 Å². The van der Waals surface area contributed by atoms with Crippen LogP contribution in [0, 0.1) is 5.92 Å². The lowest BCUT2D eigenvalue weighted by molar-refractivity contribution is 0.304. The summed E-state index contributed by atoms with van der Waals surface area (Å²) in [4.78, 5) is 2.28. The van der Waals surface area contributed by atoms with Crippen LogP contribution in [0.2, 0.25) is 0 Å². The maximum absolute atomic E-state index is 6.13. The van der Waals surface area contributed by atoms with Crippen molar-refractivity contribution in [3.8, 4) is 28.4 Å². The minimum Gasteiger partial charge on any atom is -0.493 e. The number of fused-ring (bicyclic) bond motifs is 1. The molecule has 0 amide bonds. The van der Waals surface area contributed by atoms with E-state index in [0.717, 1.165) is 46.3 Å². The highest BCUT2D eigenvalue weighted by molar-refractivity contribution is 5.67. The minimum absolute atomic E-state index is 0.566. The fraction of sp³-hybridized carbons (Fsp3) is 0.379. The van der Waals surface area contributed by atoms with Gasteiger partial charge in [0.2, 0.25) is 0 Å². The van der Waals surface area contributed by atoms with Gasteiger partial charge in [0, 0.05) is 0 Å². The Balaban J connectivity index is 1.35. The maximum atomic E-state index is 6.13. The van der Waals surface area contributed by atoms with E-state index in [-0.39, 0.29) is 0 Å². The van der Waals surface area contributed by atoms with Crippen molar-refractivity contribution in [1.29, 1.82) is 0 Å². The van der Waals surface area contributed by atoms with Crippen molar-refractivity contribution < 1.29 is 14.2 Å². The van der Waals surface area contributed by atoms with Gasteiger partial charge in [-0.2, -0.15) is 0 Å². The predicted molar refractivity (Wildman–Crippen MR) is 134 cm³/mol. The molecule has 0 aliphatic heterocycles. The largest absolute Gasteiger partial charge is 0.493 e. The van der Waals surface area contributed by atoms with Crippen molar-refractivity contribution in [2.75, 3.05) is 34.9 Å². The third-order valence-electron chi connectivity index (χ3n) is 6.57. The van der Waals surface area contributed by atoms with Gasteiger partial charge in [0.25, 0.3) is 0 Å². The summed E-state index contributed by atoms with van der Waals surface area (Å²) in [5, 5.41) is 0. The Morgan fingerprint density at radius 2 is 1.58 bits per heavy atom. The number of hydrogen-bond acceptors (Lipinski definition) is 4. The first-order valence-corrected chi connectivity index (χ1v) is 11.8. The van der Waals surface area contributed by atoms with E-state index in [1.807, 2.05) is 18.2 Å². The molecule has 0 saturated carbocycles. The van der Waals surface area contributed by atoms with Gasteiger partial charge in [0.1, 0.15) is 12.4 Å². The highest BCUT2D eigenvalue weighted by Crippen LogP contribution is 2.33. The van der Waals surface area contributed by atoms with Gasteiger partial charge in [-0.3, -0.25) is 0 Å². The van der Waals surface area contributed by atoms with Gasteiger partial charge >= 0.3 is 0 Å². The number of aryl methyl sites for hydroxylation is 1. The average Bonchev–Trinajstić information content (AvgIpc) is 2.85. The van der Waals surface area contributed by atoms with E-state index in [0.29, 0.717) is 6.61 Å². The molecule has 0 fully saturated rings. The van der Waals surface area contributed by atoms with E-state index in [9.17, 15) is 0 Å². The number of rotatable bonds is 9. The van der Waals surface area contributed by atoms with Crippen molar-refractivity contribution in [1.82, 2.24) is 4.90 Å². The number of nitrogens with zero attached hydrogens (tertiary/aromatic N) is 1. The molecule has 4 heteroatoms. The molecule has 0 radical (unpaired) electrons. The van der Waals surface area contributed by atoms with Crippen LogP contribution in [0.25, 0.3) is 11.1 Å². The molecule has 4 nitrogen and oxygen atoms in total. The van der Waals surface area contributed by atoms with E-state index in [4.69, 9.17) is 14.2 Å². The van der Waals surface area contributed by atoms with Gasteiger partial charge in [0.15, 0.2) is 11.5 Å². The number of benzene rings is 3. The molecule has 3 aromatic carbocycles. The summed E-state index contributed by atoms with van der Waals surface area (Å²) in [7, 11) is 7.62. The molecule has 0 heterocycles. The van der Waals surface area contributed by atoms with Crippen LogP contribution in [0.3, 0.4) is 0 Å². The van der Waals surface area contributed by atoms with Crippen LogP contribution in [0.5, 0.6) is 17.2 Å². The highest BCUT2D eigenvalue weighted by Gasteiger charge is 2.19. The number of ether oxygens (including phenoxy) is 3. The summed E-state index contributed by atoms with van der Waals surface area (Å²) in [5.41, 5.74) is 6.34. The number of methoxy groups -OCH3 is 2. The molecule has 0 bridgehead atoms. The Labute approximate surface area is 198 Å². The smallest absolute Gasteiger partial charge is 0.161 e. The van der Waals surface area contributed by atoms with Gasteiger partial charge < -0.3 is 19.1 Å². The van der Waals surface area contributed by atoms with Crippen molar-refractivity contribution in [2.24, 2.45) is 5.92 Å². The van der Waals surface area contributed by atoms with E-state index >= 15 is 0 Å². The van der Waals surface area contributed by atoms with Gasteiger partial charge in [0.05, 0.1) is 14.2 Å². The monoisotopic (exact) mass is 445 g/mol. The topological polar surface area (TPSA) is 30.9 Å². The summed E-state index contributed by atoms with van der Waals surface area (Å²) in [5.74, 6) is 3.24. The number of hydrogen-bond donors (Lipinski definition) is 0. The Bertz CT molecular complexity index is 1060. The molecule has 3 aromatic rings. The first kappa shape index (κ1) is 23.2. The van der Waals surface area contributed by atoms with Gasteiger partial charge in [-0.15, -0.1) is 0 Å². The molecule has 0 saturated heterocycles. The van der Waals surface area contributed by atoms with Crippen LogP contribution in [0.1, 0.15) is 29.5 Å². The lowest BCUT2D eigenvalue weighted by Crippen LogP contribution is -2.21. The van der Waals surface area contributed by atoms with E-state index in [1.165, 1.54) is 36.9 Å². The van der Waals surface area contributed by atoms with Crippen molar-refractivity contribution in [3.63, 3.8) is 0 Å². The van der Waals surface area contributed by atoms with E-state index < -0.39 is 0 Å². The van der Waals surface area contributed by atoms with Crippen molar-refractivity contribution >= 4 is 0 Å². The standard InChI is InChI=1S/C29H35NO3/c1-30(2)16-15-21-5-10-25-18-27(13-11-24(25)17-21)33-20-22-6-8-23(9-7-22)26-12-14-28(31-3)29(19-26)32-4/h6-9,11-14,18-19,21H,5,10,15-17,20H2,1-4H3. The fourth-order valence-electron chi connectivity index (χ4n) is 4.56. The second kappa shape index (κ2) is 10.8. The lowest BCUT2D eigenvalue weighted by Gasteiger charge is -2.26. The Kier molecular flexibility index (Phi) is 7.56. The molecule has 4 rings (SSSR count). The maximum Gasteiger partial charge on any atom is 0.161 e. The second-order valence-corrected chi connectivity index (χ2v) is 9.19. The van der Waals surface area contributed by atoms with Gasteiger partial charge in [-0.25, -0.2) is 0 Å². The highest BCUT2D eigenvalue weighted by atomic mass is 16.5. The van der Waals surface area contributed by atoms with Crippen LogP contribution in [-0.2, 0) is 19.4 Å². The minimum atomic E-state index is 0.566. The van der Waals surface area contributed by atoms with Crippen LogP contribution < -0.4 is 14.2 Å². The quantitative estimate of drug-likeness (QED) is 0.404. The summed E-state index contributed by atoms with van der Waals surface area (Å²) in [6.45, 7) is 1.74. The zero-order valence-electron chi connectivity index (χ0n) is 20.3. The van der Waals surface area contributed by atoms with Crippen LogP contribution >= 0.6 is 0 Å². The summed E-state index contributed by atoms with van der Waals surface area (Å²) >= 11 is 0. The molecular formula is C29H35NO3. The molecule has 0 aromatic heterocycles. The van der Waals surface area contributed by atoms with Crippen LogP contribution in [0.15, 0.2) is 60.7 Å². The van der Waals surface area contributed by atoms with Crippen molar-refractivity contribution in [2.45, 2.75) is 32.3 Å². The molecule has 0 N–H and O–H groups in total. The summed E-state index contributed by atoms with van der Waals surface area (Å²) in [6.07, 6.45) is 4.91. The fourth-order valence-corrected chi connectivity index (χ4v) is 4.56. The van der Waals surface area contributed by atoms with Gasteiger partial charge in [-0.1, -0.05) is 36.4 Å². The Morgan fingerprint density at radius 1 is 0.818 bits per heavy atom. The molecule has 1 aliphatic carbocycles. The third kappa shape index (κ3) is 5.88. The van der Waals surface area contributed by atoms with E-state index in [2.05, 4.69) is 61.5 Å². The van der Waals surface area contributed by atoms with Gasteiger partial charge in [-0.05, 0) is 104 Å². The lowest BCUT2D eigenvalue weighted by atomic mass is 9.82. The zero-order valence-corrected chi connectivity index (χ0v) is 20.3. The third-order valence-corrected chi connectivity index (χ3v) is 6.57. The molecule has 1 aliphatic rings. The average molecular weight is 446 g/mol. The predicted octanol–water partition coefficient (Wildman–Crippen LogP) is 6.01. The molecule has 0 spiro atoms. The zero-order chi connectivity index (χ0) is 23.2. The van der Waals surface area contributed by atoms with Crippen LogP contribution in [0.4, 0.5) is 0 Å². The second-order valence-electron chi connectivity index (χ2n) is 9.19. The Hall–Kier alpha value is -2.98. The molecule has 1 unspecified atom stereocenters. The summed E-state index contributed by atoms with van der Waals surface area (Å²) < 4.78 is 16.9. The molecule has 174 valence electrons. The molecule has 1 atom stereocenters.